The van der Waals surface area contributed by atoms with Crippen molar-refractivity contribution in [1.82, 2.24) is 10.3 Å². The molecule has 6 nitrogen and oxygen atoms in total. The minimum absolute atomic E-state index is 0.0228. The fraction of sp³-hybridized carbons (Fsp3) is 0.261. The van der Waals surface area contributed by atoms with Crippen molar-refractivity contribution in [2.45, 2.75) is 38.7 Å². The molecule has 29 heavy (non-hydrogen) atoms. The number of allylic oxidation sites excluding steroid dienone is 3. The van der Waals surface area contributed by atoms with Gasteiger partial charge in [-0.05, 0) is 49.6 Å². The zero-order valence-corrected chi connectivity index (χ0v) is 16.1. The molecule has 0 radical (unpaired) electrons. The van der Waals surface area contributed by atoms with Crippen LogP contribution in [0.5, 0.6) is 5.75 Å². The Hall–Kier alpha value is -3.41. The molecule has 4 rings (SSSR count). The summed E-state index contributed by atoms with van der Waals surface area (Å²) < 4.78 is 5.54. The van der Waals surface area contributed by atoms with E-state index in [1.165, 1.54) is 0 Å². The number of ether oxygens (including phenoxy) is 1. The van der Waals surface area contributed by atoms with E-state index in [-0.39, 0.29) is 18.1 Å². The van der Waals surface area contributed by atoms with Gasteiger partial charge in [-0.2, -0.15) is 0 Å². The third kappa shape index (κ3) is 3.78. The minimum atomic E-state index is -0.567. The second-order valence-corrected chi connectivity index (χ2v) is 7.26. The maximum absolute atomic E-state index is 13.1. The van der Waals surface area contributed by atoms with E-state index in [1.54, 1.807) is 36.5 Å². The first-order valence-electron chi connectivity index (χ1n) is 9.64. The standard InChI is InChI=1S/C23H22N2O4/c1-14-20(23(28)29-13-16-7-2-3-11-24-16)21(15-6-4-8-17(26)12-15)22-18(25-14)9-5-10-19(22)27/h2-4,6-8,11-12,21,25-26H,5,9-10,13H2,1H3. The molecule has 0 fully saturated rings. The lowest BCUT2D eigenvalue weighted by atomic mass is 9.75. The van der Waals surface area contributed by atoms with Crippen LogP contribution in [0.2, 0.25) is 0 Å². The fourth-order valence-electron chi connectivity index (χ4n) is 3.99. The highest BCUT2D eigenvalue weighted by molar-refractivity contribution is 6.03. The van der Waals surface area contributed by atoms with Gasteiger partial charge in [0.05, 0.1) is 11.3 Å². The Morgan fingerprint density at radius 2 is 2.10 bits per heavy atom. The number of hydrogen-bond donors (Lipinski definition) is 2. The summed E-state index contributed by atoms with van der Waals surface area (Å²) in [5.74, 6) is -0.957. The number of nitrogens with zero attached hydrogens (tertiary/aromatic N) is 1. The predicted molar refractivity (Wildman–Crippen MR) is 107 cm³/mol. The molecular formula is C23H22N2O4. The summed E-state index contributed by atoms with van der Waals surface area (Å²) >= 11 is 0. The van der Waals surface area contributed by atoms with Crippen molar-refractivity contribution in [2.75, 3.05) is 0 Å². The SMILES string of the molecule is CC1=C(C(=O)OCc2ccccn2)C(c2cccc(O)c2)C2=C(CCCC2=O)N1. The number of hydrogen-bond acceptors (Lipinski definition) is 6. The van der Waals surface area contributed by atoms with Gasteiger partial charge in [0.15, 0.2) is 5.78 Å². The number of nitrogens with one attached hydrogen (secondary N) is 1. The molecule has 1 unspecified atom stereocenters. The first-order valence-corrected chi connectivity index (χ1v) is 9.64. The molecule has 1 atom stereocenters. The molecule has 2 aliphatic rings. The lowest BCUT2D eigenvalue weighted by molar-refractivity contribution is -0.140. The number of benzene rings is 1. The van der Waals surface area contributed by atoms with Crippen molar-refractivity contribution < 1.29 is 19.4 Å². The number of carbonyl (C=O) groups excluding carboxylic acids is 2. The van der Waals surface area contributed by atoms with E-state index < -0.39 is 11.9 Å². The molecule has 2 aromatic rings. The summed E-state index contributed by atoms with van der Waals surface area (Å²) in [5, 5.41) is 13.2. The van der Waals surface area contributed by atoms with Gasteiger partial charge in [-0.3, -0.25) is 9.78 Å². The van der Waals surface area contributed by atoms with E-state index >= 15 is 0 Å². The highest BCUT2D eigenvalue weighted by atomic mass is 16.5. The zero-order valence-electron chi connectivity index (χ0n) is 16.1. The number of phenolic OH excluding ortho intramolecular Hbond substituents is 1. The quantitative estimate of drug-likeness (QED) is 0.777. The highest BCUT2D eigenvalue weighted by Crippen LogP contribution is 2.43. The average molecular weight is 390 g/mol. The molecule has 0 amide bonds. The van der Waals surface area contributed by atoms with Crippen LogP contribution in [0.1, 0.15) is 43.4 Å². The lowest BCUT2D eigenvalue weighted by Crippen LogP contribution is -2.34. The average Bonchev–Trinajstić information content (AvgIpc) is 2.72. The summed E-state index contributed by atoms with van der Waals surface area (Å²) in [6.45, 7) is 1.86. The molecule has 1 aromatic carbocycles. The van der Waals surface area contributed by atoms with Gasteiger partial charge in [-0.15, -0.1) is 0 Å². The Bertz CT molecular complexity index is 1020. The monoisotopic (exact) mass is 390 g/mol. The summed E-state index contributed by atoms with van der Waals surface area (Å²) in [6.07, 6.45) is 3.63. The number of dihydropyridines is 1. The molecule has 1 aromatic heterocycles. The van der Waals surface area contributed by atoms with Gasteiger partial charge in [0.2, 0.25) is 0 Å². The Morgan fingerprint density at radius 1 is 1.24 bits per heavy atom. The van der Waals surface area contributed by atoms with Crippen LogP contribution in [-0.2, 0) is 20.9 Å². The van der Waals surface area contributed by atoms with Crippen molar-refractivity contribution in [3.8, 4) is 5.75 Å². The number of ketones is 1. The number of rotatable bonds is 4. The van der Waals surface area contributed by atoms with Gasteiger partial charge in [0, 0.05) is 35.5 Å². The van der Waals surface area contributed by atoms with Crippen LogP contribution in [0.3, 0.4) is 0 Å². The first kappa shape index (κ1) is 18.9. The van der Waals surface area contributed by atoms with E-state index in [0.717, 1.165) is 18.5 Å². The molecule has 148 valence electrons. The predicted octanol–water partition coefficient (Wildman–Crippen LogP) is 3.50. The number of aromatic hydroxyl groups is 1. The van der Waals surface area contributed by atoms with E-state index in [2.05, 4.69) is 10.3 Å². The van der Waals surface area contributed by atoms with Crippen molar-refractivity contribution in [3.63, 3.8) is 0 Å². The van der Waals surface area contributed by atoms with Crippen LogP contribution >= 0.6 is 0 Å². The van der Waals surface area contributed by atoms with Gasteiger partial charge in [-0.1, -0.05) is 18.2 Å². The van der Waals surface area contributed by atoms with Gasteiger partial charge in [0.1, 0.15) is 12.4 Å². The van der Waals surface area contributed by atoms with Crippen LogP contribution in [0.15, 0.2) is 71.2 Å². The van der Waals surface area contributed by atoms with Gasteiger partial charge < -0.3 is 15.2 Å². The highest BCUT2D eigenvalue weighted by Gasteiger charge is 2.39. The minimum Gasteiger partial charge on any atom is -0.508 e. The van der Waals surface area contributed by atoms with E-state index in [9.17, 15) is 14.7 Å². The Balaban J connectivity index is 1.72. The number of aromatic nitrogens is 1. The Kier molecular flexibility index (Phi) is 5.16. The van der Waals surface area contributed by atoms with E-state index in [0.29, 0.717) is 34.5 Å². The van der Waals surface area contributed by atoms with Crippen molar-refractivity contribution in [2.24, 2.45) is 0 Å². The third-order valence-electron chi connectivity index (χ3n) is 5.28. The number of pyridine rings is 1. The lowest BCUT2D eigenvalue weighted by Gasteiger charge is -2.34. The van der Waals surface area contributed by atoms with Gasteiger partial charge in [0.25, 0.3) is 0 Å². The fourth-order valence-corrected chi connectivity index (χ4v) is 3.99. The van der Waals surface area contributed by atoms with Crippen LogP contribution in [0, 0.1) is 0 Å². The Labute approximate surface area is 168 Å². The maximum Gasteiger partial charge on any atom is 0.337 e. The summed E-state index contributed by atoms with van der Waals surface area (Å²) in [4.78, 5) is 30.1. The maximum atomic E-state index is 13.1. The van der Waals surface area contributed by atoms with Crippen molar-refractivity contribution in [1.29, 1.82) is 0 Å². The van der Waals surface area contributed by atoms with E-state index in [4.69, 9.17) is 4.74 Å². The summed E-state index contributed by atoms with van der Waals surface area (Å²) in [5.41, 5.74) is 3.84. The number of Topliss-reactive ketones (excluding diaryl/α,β-unsaturated/α-hetero) is 1. The summed E-state index contributed by atoms with van der Waals surface area (Å²) in [7, 11) is 0. The molecular weight excluding hydrogens is 368 g/mol. The molecule has 0 saturated heterocycles. The molecule has 1 aliphatic carbocycles. The summed E-state index contributed by atoms with van der Waals surface area (Å²) in [6, 6.07) is 12.1. The van der Waals surface area contributed by atoms with Gasteiger partial charge >= 0.3 is 5.97 Å². The smallest absolute Gasteiger partial charge is 0.337 e. The Morgan fingerprint density at radius 3 is 2.86 bits per heavy atom. The van der Waals surface area contributed by atoms with E-state index in [1.807, 2.05) is 19.1 Å². The number of phenols is 1. The van der Waals surface area contributed by atoms with Gasteiger partial charge in [-0.25, -0.2) is 4.79 Å². The first-order chi connectivity index (χ1) is 14.0. The largest absolute Gasteiger partial charge is 0.508 e. The third-order valence-corrected chi connectivity index (χ3v) is 5.28. The molecule has 0 spiro atoms. The number of esters is 1. The normalized spacial score (nSPS) is 18.9. The number of carbonyl (C=O) groups is 2. The van der Waals surface area contributed by atoms with Crippen LogP contribution < -0.4 is 5.32 Å². The van der Waals surface area contributed by atoms with Crippen molar-refractivity contribution >= 4 is 11.8 Å². The molecule has 2 heterocycles. The van der Waals surface area contributed by atoms with Crippen LogP contribution in [0.25, 0.3) is 0 Å². The molecule has 2 N–H and O–H groups in total. The second kappa shape index (κ2) is 7.91. The topological polar surface area (TPSA) is 88.5 Å². The van der Waals surface area contributed by atoms with Crippen LogP contribution in [-0.4, -0.2) is 21.8 Å². The molecule has 0 bridgehead atoms. The molecule has 1 aliphatic heterocycles. The second-order valence-electron chi connectivity index (χ2n) is 7.26. The zero-order chi connectivity index (χ0) is 20.4. The van der Waals surface area contributed by atoms with Crippen LogP contribution in [0.4, 0.5) is 0 Å². The molecule has 0 saturated carbocycles. The molecule has 6 heteroatoms. The van der Waals surface area contributed by atoms with Crippen molar-refractivity contribution in [3.05, 3.63) is 82.5 Å².